The molecule has 6 nitrogen and oxygen atoms in total. The van der Waals surface area contributed by atoms with Gasteiger partial charge in [-0.1, -0.05) is 0 Å². The Labute approximate surface area is 105 Å². The first-order valence-electron chi connectivity index (χ1n) is 5.66. The number of anilines is 2. The van der Waals surface area contributed by atoms with Gasteiger partial charge in [0, 0.05) is 18.0 Å². The van der Waals surface area contributed by atoms with Gasteiger partial charge in [0.15, 0.2) is 0 Å². The average molecular weight is 248 g/mol. The molecule has 3 N–H and O–H groups in total. The third-order valence-electron chi connectivity index (χ3n) is 3.19. The maximum atomic E-state index is 11.8. The molecule has 96 valence electrons. The number of nitrogens with one attached hydrogen (secondary N) is 1. The Kier molecular flexibility index (Phi) is 2.73. The van der Waals surface area contributed by atoms with E-state index in [1.54, 1.807) is 31.0 Å². The van der Waals surface area contributed by atoms with Crippen molar-refractivity contribution in [2.75, 3.05) is 17.2 Å². The van der Waals surface area contributed by atoms with Crippen molar-refractivity contribution < 1.29 is 9.59 Å². The number of imide groups is 1. The molecule has 18 heavy (non-hydrogen) atoms. The van der Waals surface area contributed by atoms with Crippen LogP contribution < -0.4 is 16.0 Å². The number of nitrogen functional groups attached to an aromatic ring is 1. The van der Waals surface area contributed by atoms with Crippen molar-refractivity contribution in [2.45, 2.75) is 26.3 Å². The number of hydrogen-bond acceptors (Lipinski definition) is 5. The molecule has 1 saturated heterocycles. The van der Waals surface area contributed by atoms with Crippen molar-refractivity contribution in [2.24, 2.45) is 0 Å². The van der Waals surface area contributed by atoms with Gasteiger partial charge < -0.3 is 10.6 Å². The number of aromatic nitrogens is 1. The fourth-order valence-corrected chi connectivity index (χ4v) is 1.83. The zero-order valence-electron chi connectivity index (χ0n) is 10.7. The molecule has 0 saturated carbocycles. The second-order valence-corrected chi connectivity index (χ2v) is 4.92. The molecule has 0 spiro atoms. The van der Waals surface area contributed by atoms with Gasteiger partial charge in [-0.3, -0.25) is 14.9 Å². The van der Waals surface area contributed by atoms with Crippen LogP contribution in [0.2, 0.25) is 0 Å². The predicted octanol–water partition coefficient (Wildman–Crippen LogP) is 0.214. The van der Waals surface area contributed by atoms with Crippen LogP contribution in [0.5, 0.6) is 0 Å². The van der Waals surface area contributed by atoms with Gasteiger partial charge in [0.1, 0.15) is 11.4 Å². The molecule has 0 atom stereocenters. The SMILES string of the molecule is Cc1cnc(N2CC(=O)NC(=O)C2(C)C)cc1N. The van der Waals surface area contributed by atoms with E-state index < -0.39 is 5.54 Å². The normalized spacial score (nSPS) is 18.7. The summed E-state index contributed by atoms with van der Waals surface area (Å²) in [4.78, 5) is 29.2. The van der Waals surface area contributed by atoms with Crippen molar-refractivity contribution in [3.8, 4) is 0 Å². The summed E-state index contributed by atoms with van der Waals surface area (Å²) in [6.45, 7) is 5.43. The van der Waals surface area contributed by atoms with Gasteiger partial charge in [-0.15, -0.1) is 0 Å². The quantitative estimate of drug-likeness (QED) is 0.694. The van der Waals surface area contributed by atoms with Crippen molar-refractivity contribution >= 4 is 23.3 Å². The summed E-state index contributed by atoms with van der Waals surface area (Å²) in [6.07, 6.45) is 1.64. The lowest BCUT2D eigenvalue weighted by Crippen LogP contribution is -2.64. The van der Waals surface area contributed by atoms with Crippen LogP contribution in [0.15, 0.2) is 12.3 Å². The molecule has 6 heteroatoms. The fraction of sp³-hybridized carbons (Fsp3) is 0.417. The number of amides is 2. The first-order chi connectivity index (χ1) is 8.32. The standard InChI is InChI=1S/C12H16N4O2/c1-7-5-14-9(4-8(7)13)16-6-10(17)15-11(18)12(16,2)3/h4-5H,6H2,1-3H3,(H2,13,14)(H,15,17,18). The smallest absolute Gasteiger partial charge is 0.251 e. The Morgan fingerprint density at radius 2 is 2.11 bits per heavy atom. The number of hydrogen-bond donors (Lipinski definition) is 2. The zero-order chi connectivity index (χ0) is 13.5. The molecule has 1 fully saturated rings. The van der Waals surface area contributed by atoms with E-state index in [9.17, 15) is 9.59 Å². The largest absolute Gasteiger partial charge is 0.398 e. The summed E-state index contributed by atoms with van der Waals surface area (Å²) < 4.78 is 0. The third kappa shape index (κ3) is 1.90. The summed E-state index contributed by atoms with van der Waals surface area (Å²) in [5.41, 5.74) is 6.46. The predicted molar refractivity (Wildman–Crippen MR) is 68.0 cm³/mol. The second kappa shape index (κ2) is 3.97. The average Bonchev–Trinajstić information content (AvgIpc) is 2.28. The Balaban J connectivity index is 2.43. The van der Waals surface area contributed by atoms with Gasteiger partial charge in [0.2, 0.25) is 5.91 Å². The van der Waals surface area contributed by atoms with E-state index in [4.69, 9.17) is 5.73 Å². The van der Waals surface area contributed by atoms with Crippen LogP contribution in [0, 0.1) is 6.92 Å². The first kappa shape index (κ1) is 12.3. The molecule has 0 aliphatic carbocycles. The van der Waals surface area contributed by atoms with Crippen LogP contribution in [0.3, 0.4) is 0 Å². The fourth-order valence-electron chi connectivity index (χ4n) is 1.83. The Bertz CT molecular complexity index is 525. The molecule has 2 amide bonds. The Hall–Kier alpha value is -2.11. The number of piperazine rings is 1. The van der Waals surface area contributed by atoms with Crippen LogP contribution >= 0.6 is 0 Å². The van der Waals surface area contributed by atoms with Gasteiger partial charge in [0.25, 0.3) is 5.91 Å². The maximum absolute atomic E-state index is 11.8. The molecule has 1 aromatic heterocycles. The van der Waals surface area contributed by atoms with Gasteiger partial charge in [-0.25, -0.2) is 4.98 Å². The van der Waals surface area contributed by atoms with E-state index in [2.05, 4.69) is 10.3 Å². The molecule has 0 aromatic carbocycles. The van der Waals surface area contributed by atoms with Gasteiger partial charge >= 0.3 is 0 Å². The summed E-state index contributed by atoms with van der Waals surface area (Å²) >= 11 is 0. The third-order valence-corrected chi connectivity index (χ3v) is 3.19. The minimum Gasteiger partial charge on any atom is -0.398 e. The number of aryl methyl sites for hydroxylation is 1. The molecular formula is C12H16N4O2. The van der Waals surface area contributed by atoms with E-state index >= 15 is 0 Å². The lowest BCUT2D eigenvalue weighted by molar-refractivity contribution is -0.135. The molecular weight excluding hydrogens is 232 g/mol. The number of nitrogens with zero attached hydrogens (tertiary/aromatic N) is 2. The number of carbonyl (C=O) groups excluding carboxylic acids is 2. The van der Waals surface area contributed by atoms with Gasteiger partial charge in [-0.2, -0.15) is 0 Å². The van der Waals surface area contributed by atoms with E-state index in [1.807, 2.05) is 6.92 Å². The summed E-state index contributed by atoms with van der Waals surface area (Å²) in [7, 11) is 0. The monoisotopic (exact) mass is 248 g/mol. The molecule has 2 heterocycles. The summed E-state index contributed by atoms with van der Waals surface area (Å²) in [5.74, 6) is -0.133. The highest BCUT2D eigenvalue weighted by Gasteiger charge is 2.41. The van der Waals surface area contributed by atoms with Gasteiger partial charge in [-0.05, 0) is 26.3 Å². The molecule has 0 radical (unpaired) electrons. The van der Waals surface area contributed by atoms with E-state index in [1.165, 1.54) is 0 Å². The number of nitrogens with two attached hydrogens (primary N) is 1. The Morgan fingerprint density at radius 3 is 2.72 bits per heavy atom. The van der Waals surface area contributed by atoms with E-state index in [0.29, 0.717) is 11.5 Å². The van der Waals surface area contributed by atoms with Crippen LogP contribution in [-0.4, -0.2) is 28.9 Å². The van der Waals surface area contributed by atoms with Crippen LogP contribution in [-0.2, 0) is 9.59 Å². The zero-order valence-corrected chi connectivity index (χ0v) is 10.7. The molecule has 0 bridgehead atoms. The van der Waals surface area contributed by atoms with Crippen molar-refractivity contribution in [3.05, 3.63) is 17.8 Å². The first-order valence-corrected chi connectivity index (χ1v) is 5.66. The summed E-state index contributed by atoms with van der Waals surface area (Å²) in [6, 6.07) is 1.68. The highest BCUT2D eigenvalue weighted by molar-refractivity contribution is 6.06. The molecule has 0 unspecified atom stereocenters. The number of carbonyl (C=O) groups is 2. The van der Waals surface area contributed by atoms with Gasteiger partial charge in [0.05, 0.1) is 6.54 Å². The summed E-state index contributed by atoms with van der Waals surface area (Å²) in [5, 5.41) is 2.32. The van der Waals surface area contributed by atoms with Crippen molar-refractivity contribution in [3.63, 3.8) is 0 Å². The topological polar surface area (TPSA) is 88.3 Å². The number of pyridine rings is 1. The van der Waals surface area contributed by atoms with Crippen molar-refractivity contribution in [1.29, 1.82) is 0 Å². The Morgan fingerprint density at radius 1 is 1.44 bits per heavy atom. The molecule has 1 aliphatic rings. The lowest BCUT2D eigenvalue weighted by atomic mass is 9.98. The highest BCUT2D eigenvalue weighted by atomic mass is 16.2. The van der Waals surface area contributed by atoms with Crippen molar-refractivity contribution in [1.82, 2.24) is 10.3 Å². The minimum absolute atomic E-state index is 0.0915. The minimum atomic E-state index is -0.831. The molecule has 2 rings (SSSR count). The van der Waals surface area contributed by atoms with Crippen LogP contribution in [0.1, 0.15) is 19.4 Å². The van der Waals surface area contributed by atoms with Crippen LogP contribution in [0.25, 0.3) is 0 Å². The molecule has 1 aromatic rings. The second-order valence-electron chi connectivity index (χ2n) is 4.92. The number of rotatable bonds is 1. The van der Waals surface area contributed by atoms with Crippen LogP contribution in [0.4, 0.5) is 11.5 Å². The molecule has 1 aliphatic heterocycles. The lowest BCUT2D eigenvalue weighted by Gasteiger charge is -2.41. The van der Waals surface area contributed by atoms with E-state index in [-0.39, 0.29) is 18.4 Å². The highest BCUT2D eigenvalue weighted by Crippen LogP contribution is 2.26. The maximum Gasteiger partial charge on any atom is 0.251 e. The van der Waals surface area contributed by atoms with E-state index in [0.717, 1.165) is 5.56 Å².